The van der Waals surface area contributed by atoms with E-state index in [1.54, 1.807) is 12.1 Å². The summed E-state index contributed by atoms with van der Waals surface area (Å²) in [5, 5.41) is 3.10. The van der Waals surface area contributed by atoms with E-state index in [2.05, 4.69) is 24.2 Å². The van der Waals surface area contributed by atoms with Gasteiger partial charge in [0.05, 0.1) is 5.69 Å². The molecule has 0 bridgehead atoms. The zero-order chi connectivity index (χ0) is 15.7. The highest BCUT2D eigenvalue weighted by Crippen LogP contribution is 2.16. The molecule has 6 heteroatoms. The Hall–Kier alpha value is -1.05. The van der Waals surface area contributed by atoms with Gasteiger partial charge in [-0.1, -0.05) is 26.0 Å². The summed E-state index contributed by atoms with van der Waals surface area (Å²) < 4.78 is 13.6. The van der Waals surface area contributed by atoms with Gasteiger partial charge in [-0.15, -0.1) is 24.0 Å². The molecule has 0 heterocycles. The number of guanidine groups is 1. The van der Waals surface area contributed by atoms with Gasteiger partial charge in [0.1, 0.15) is 5.82 Å². The summed E-state index contributed by atoms with van der Waals surface area (Å²) in [6.45, 7) is 6.58. The van der Waals surface area contributed by atoms with Gasteiger partial charge in [-0.25, -0.2) is 4.39 Å². The number of halogens is 2. The van der Waals surface area contributed by atoms with Crippen LogP contribution in [0.5, 0.6) is 0 Å². The van der Waals surface area contributed by atoms with Crippen molar-refractivity contribution < 1.29 is 4.39 Å². The standard InChI is InChI=1S/C16H27FN4.HI/c1-13(2)9-11-20-16(18)19-10-6-12-21(3)15-8-5-4-7-14(15)17;/h4-5,7-8,13H,6,9-12H2,1-3H3,(H3,18,19,20);1H. The summed E-state index contributed by atoms with van der Waals surface area (Å²) in [5.74, 6) is 0.947. The zero-order valence-electron chi connectivity index (χ0n) is 13.7. The quantitative estimate of drug-likeness (QED) is 0.293. The lowest BCUT2D eigenvalue weighted by Gasteiger charge is -2.19. The number of hydrogen-bond donors (Lipinski definition) is 2. The SMILES string of the molecule is CC(C)CCNC(N)=NCCCN(C)c1ccccc1F.I. The summed E-state index contributed by atoms with van der Waals surface area (Å²) in [7, 11) is 1.88. The van der Waals surface area contributed by atoms with Gasteiger partial charge in [0.15, 0.2) is 5.96 Å². The number of hydrogen-bond acceptors (Lipinski definition) is 2. The first-order valence-electron chi connectivity index (χ1n) is 7.50. The third-order valence-corrected chi connectivity index (χ3v) is 3.23. The molecule has 0 aliphatic rings. The first-order chi connectivity index (χ1) is 10.0. The molecule has 22 heavy (non-hydrogen) atoms. The molecular formula is C16H28FIN4. The molecule has 126 valence electrons. The maximum atomic E-state index is 13.6. The van der Waals surface area contributed by atoms with Crippen LogP contribution >= 0.6 is 24.0 Å². The van der Waals surface area contributed by atoms with E-state index in [4.69, 9.17) is 5.73 Å². The second-order valence-electron chi connectivity index (χ2n) is 5.60. The van der Waals surface area contributed by atoms with E-state index in [9.17, 15) is 4.39 Å². The predicted octanol–water partition coefficient (Wildman–Crippen LogP) is 3.22. The second kappa shape index (κ2) is 11.5. The van der Waals surface area contributed by atoms with Crippen LogP contribution in [0.3, 0.4) is 0 Å². The van der Waals surface area contributed by atoms with Crippen LogP contribution in [0.2, 0.25) is 0 Å². The molecule has 1 aromatic rings. The molecule has 1 aromatic carbocycles. The fourth-order valence-electron chi connectivity index (χ4n) is 1.93. The van der Waals surface area contributed by atoms with E-state index in [-0.39, 0.29) is 29.8 Å². The lowest BCUT2D eigenvalue weighted by atomic mass is 10.1. The first-order valence-corrected chi connectivity index (χ1v) is 7.50. The highest BCUT2D eigenvalue weighted by Gasteiger charge is 2.05. The Morgan fingerprint density at radius 1 is 1.36 bits per heavy atom. The summed E-state index contributed by atoms with van der Waals surface area (Å²) >= 11 is 0. The van der Waals surface area contributed by atoms with Gasteiger partial charge in [-0.05, 0) is 30.9 Å². The van der Waals surface area contributed by atoms with Crippen LogP contribution in [-0.2, 0) is 0 Å². The summed E-state index contributed by atoms with van der Waals surface area (Å²) in [6.07, 6.45) is 1.91. The Balaban J connectivity index is 0.00000441. The summed E-state index contributed by atoms with van der Waals surface area (Å²) in [5.41, 5.74) is 6.39. The fraction of sp³-hybridized carbons (Fsp3) is 0.562. The first kappa shape index (κ1) is 20.9. The molecule has 0 unspecified atom stereocenters. The lowest BCUT2D eigenvalue weighted by Crippen LogP contribution is -2.33. The molecule has 0 saturated heterocycles. The number of para-hydroxylation sites is 1. The van der Waals surface area contributed by atoms with Crippen LogP contribution in [0.15, 0.2) is 29.3 Å². The Morgan fingerprint density at radius 3 is 2.68 bits per heavy atom. The van der Waals surface area contributed by atoms with Gasteiger partial charge >= 0.3 is 0 Å². The summed E-state index contributed by atoms with van der Waals surface area (Å²) in [6, 6.07) is 6.78. The maximum Gasteiger partial charge on any atom is 0.188 e. The van der Waals surface area contributed by atoms with Crippen molar-refractivity contribution in [3.63, 3.8) is 0 Å². The van der Waals surface area contributed by atoms with Gasteiger partial charge in [-0.2, -0.15) is 0 Å². The van der Waals surface area contributed by atoms with Crippen molar-refractivity contribution in [3.05, 3.63) is 30.1 Å². The second-order valence-corrected chi connectivity index (χ2v) is 5.60. The molecule has 0 aliphatic carbocycles. The smallest absolute Gasteiger partial charge is 0.188 e. The number of anilines is 1. The number of nitrogens with one attached hydrogen (secondary N) is 1. The summed E-state index contributed by atoms with van der Waals surface area (Å²) in [4.78, 5) is 6.17. The van der Waals surface area contributed by atoms with Crippen LogP contribution in [0.4, 0.5) is 10.1 Å². The molecule has 4 nitrogen and oxygen atoms in total. The molecule has 3 N–H and O–H groups in total. The average Bonchev–Trinajstić information content (AvgIpc) is 2.43. The van der Waals surface area contributed by atoms with Crippen molar-refractivity contribution in [1.29, 1.82) is 0 Å². The van der Waals surface area contributed by atoms with E-state index in [0.717, 1.165) is 25.9 Å². The monoisotopic (exact) mass is 422 g/mol. The largest absolute Gasteiger partial charge is 0.372 e. The molecule has 1 rings (SSSR count). The Kier molecular flexibility index (Phi) is 11.0. The predicted molar refractivity (Wildman–Crippen MR) is 104 cm³/mol. The molecule has 0 amide bonds. The third kappa shape index (κ3) is 8.41. The molecule has 0 aliphatic heterocycles. The van der Waals surface area contributed by atoms with Crippen LogP contribution in [0.1, 0.15) is 26.7 Å². The van der Waals surface area contributed by atoms with Crippen LogP contribution in [0.25, 0.3) is 0 Å². The number of benzene rings is 1. The lowest BCUT2D eigenvalue weighted by molar-refractivity contribution is 0.576. The normalized spacial score (nSPS) is 11.2. The fourth-order valence-corrected chi connectivity index (χ4v) is 1.93. The van der Waals surface area contributed by atoms with Crippen molar-refractivity contribution in [2.24, 2.45) is 16.6 Å². The Labute approximate surface area is 150 Å². The van der Waals surface area contributed by atoms with Crippen LogP contribution in [0, 0.1) is 11.7 Å². The van der Waals surface area contributed by atoms with Gasteiger partial charge in [0, 0.05) is 26.7 Å². The Morgan fingerprint density at radius 2 is 2.05 bits per heavy atom. The van der Waals surface area contributed by atoms with Gasteiger partial charge in [0.25, 0.3) is 0 Å². The van der Waals surface area contributed by atoms with Crippen molar-refractivity contribution in [2.75, 3.05) is 31.6 Å². The maximum absolute atomic E-state index is 13.6. The molecular weight excluding hydrogens is 394 g/mol. The van der Waals surface area contributed by atoms with E-state index >= 15 is 0 Å². The molecule has 0 radical (unpaired) electrons. The van der Waals surface area contributed by atoms with E-state index in [0.29, 0.717) is 24.1 Å². The minimum absolute atomic E-state index is 0. The van der Waals surface area contributed by atoms with E-state index < -0.39 is 0 Å². The molecule has 0 spiro atoms. The topological polar surface area (TPSA) is 53.6 Å². The molecule has 0 aromatic heterocycles. The number of nitrogens with two attached hydrogens (primary N) is 1. The van der Waals surface area contributed by atoms with Crippen molar-refractivity contribution in [3.8, 4) is 0 Å². The minimum Gasteiger partial charge on any atom is -0.372 e. The highest BCUT2D eigenvalue weighted by molar-refractivity contribution is 14.0. The van der Waals surface area contributed by atoms with Gasteiger partial charge in [-0.3, -0.25) is 4.99 Å². The zero-order valence-corrected chi connectivity index (χ0v) is 16.0. The van der Waals surface area contributed by atoms with E-state index in [1.807, 2.05) is 18.0 Å². The highest BCUT2D eigenvalue weighted by atomic mass is 127. The van der Waals surface area contributed by atoms with Crippen LogP contribution < -0.4 is 16.0 Å². The van der Waals surface area contributed by atoms with Crippen LogP contribution in [-0.4, -0.2) is 32.6 Å². The minimum atomic E-state index is -0.196. The van der Waals surface area contributed by atoms with Gasteiger partial charge < -0.3 is 16.0 Å². The van der Waals surface area contributed by atoms with Crippen molar-refractivity contribution in [2.45, 2.75) is 26.7 Å². The number of aliphatic imine (C=N–C) groups is 1. The molecule has 0 fully saturated rings. The molecule has 0 atom stereocenters. The number of nitrogens with zero attached hydrogens (tertiary/aromatic N) is 2. The average molecular weight is 422 g/mol. The van der Waals surface area contributed by atoms with Crippen molar-refractivity contribution in [1.82, 2.24) is 5.32 Å². The van der Waals surface area contributed by atoms with Gasteiger partial charge in [0.2, 0.25) is 0 Å². The third-order valence-electron chi connectivity index (χ3n) is 3.23. The van der Waals surface area contributed by atoms with Crippen molar-refractivity contribution >= 4 is 35.6 Å². The Bertz CT molecular complexity index is 452. The molecule has 0 saturated carbocycles. The van der Waals surface area contributed by atoms with E-state index in [1.165, 1.54) is 6.07 Å². The number of rotatable bonds is 8.